The Hall–Kier alpha value is -3.55. The number of nitrogens with zero attached hydrogens (tertiary/aromatic N) is 3. The molecule has 0 bridgehead atoms. The van der Waals surface area contributed by atoms with Crippen LogP contribution in [0.5, 0.6) is 5.75 Å². The summed E-state index contributed by atoms with van der Waals surface area (Å²) in [5, 5.41) is 22.1. The number of halogens is 2. The van der Waals surface area contributed by atoms with Gasteiger partial charge in [-0.3, -0.25) is 0 Å². The van der Waals surface area contributed by atoms with Crippen molar-refractivity contribution in [3.63, 3.8) is 0 Å². The average Bonchev–Trinajstić information content (AvgIpc) is 3.26. The minimum absolute atomic E-state index is 0.133. The molecule has 0 amide bonds. The summed E-state index contributed by atoms with van der Waals surface area (Å²) in [4.78, 5) is 11.2. The second kappa shape index (κ2) is 11.0. The SMILES string of the molecule is Cc1cc(OCc2c(C(C)C)nnn2-c2c(Cl)cccc2Cl)ccc1CNc1cccc(C(=O)O)c1. The molecule has 0 fully saturated rings. The van der Waals surface area contributed by atoms with Crippen molar-refractivity contribution in [3.05, 3.63) is 98.8 Å². The van der Waals surface area contributed by atoms with Crippen LogP contribution in [-0.2, 0) is 13.2 Å². The van der Waals surface area contributed by atoms with Gasteiger partial charge in [0.25, 0.3) is 0 Å². The first-order valence-electron chi connectivity index (χ1n) is 11.4. The molecular formula is C27H26Cl2N4O3. The fourth-order valence-electron chi connectivity index (χ4n) is 3.84. The number of aryl methyl sites for hydroxylation is 1. The minimum atomic E-state index is -0.953. The van der Waals surface area contributed by atoms with E-state index in [1.165, 1.54) is 0 Å². The first-order valence-corrected chi connectivity index (χ1v) is 12.2. The van der Waals surface area contributed by atoms with Crippen LogP contribution in [0.15, 0.2) is 60.7 Å². The molecule has 0 atom stereocenters. The van der Waals surface area contributed by atoms with Gasteiger partial charge in [-0.1, -0.05) is 60.5 Å². The van der Waals surface area contributed by atoms with Crippen molar-refractivity contribution in [3.8, 4) is 11.4 Å². The maximum Gasteiger partial charge on any atom is 0.335 e. The number of hydrogen-bond acceptors (Lipinski definition) is 5. The maximum absolute atomic E-state index is 11.2. The highest BCUT2D eigenvalue weighted by Gasteiger charge is 2.21. The van der Waals surface area contributed by atoms with Crippen LogP contribution in [0.25, 0.3) is 5.69 Å². The normalized spacial score (nSPS) is 11.1. The van der Waals surface area contributed by atoms with Crippen LogP contribution in [0, 0.1) is 6.92 Å². The lowest BCUT2D eigenvalue weighted by molar-refractivity contribution is 0.0697. The van der Waals surface area contributed by atoms with Gasteiger partial charge >= 0.3 is 5.97 Å². The summed E-state index contributed by atoms with van der Waals surface area (Å²) in [5.74, 6) is -0.115. The Morgan fingerprint density at radius 2 is 1.81 bits per heavy atom. The zero-order valence-electron chi connectivity index (χ0n) is 20.1. The van der Waals surface area contributed by atoms with Crippen molar-refractivity contribution in [1.82, 2.24) is 15.0 Å². The lowest BCUT2D eigenvalue weighted by atomic mass is 10.1. The number of anilines is 1. The third-order valence-electron chi connectivity index (χ3n) is 5.77. The van der Waals surface area contributed by atoms with Crippen LogP contribution < -0.4 is 10.1 Å². The summed E-state index contributed by atoms with van der Waals surface area (Å²) in [6, 6.07) is 17.9. The van der Waals surface area contributed by atoms with E-state index in [1.807, 2.05) is 45.0 Å². The maximum atomic E-state index is 11.2. The minimum Gasteiger partial charge on any atom is -0.487 e. The second-order valence-corrected chi connectivity index (χ2v) is 9.49. The zero-order valence-corrected chi connectivity index (χ0v) is 21.6. The lowest BCUT2D eigenvalue weighted by Crippen LogP contribution is -2.09. The molecule has 2 N–H and O–H groups in total. The average molecular weight is 525 g/mol. The Labute approximate surface area is 219 Å². The van der Waals surface area contributed by atoms with Gasteiger partial charge in [0.15, 0.2) is 0 Å². The lowest BCUT2D eigenvalue weighted by Gasteiger charge is -2.15. The Bertz CT molecular complexity index is 1380. The quantitative estimate of drug-likeness (QED) is 0.247. The van der Waals surface area contributed by atoms with Gasteiger partial charge in [0.05, 0.1) is 21.3 Å². The van der Waals surface area contributed by atoms with Crippen molar-refractivity contribution in [2.24, 2.45) is 0 Å². The molecule has 9 heteroatoms. The topological polar surface area (TPSA) is 89.3 Å². The molecule has 3 aromatic carbocycles. The first kappa shape index (κ1) is 25.5. The number of para-hydroxylation sites is 1. The molecule has 1 aromatic heterocycles. The standard InChI is InChI=1S/C27H26Cl2N4O3/c1-16(2)25-24(33(32-31-25)26-22(28)8-5-9-23(26)29)15-36-21-11-10-19(17(3)12-21)14-30-20-7-4-6-18(13-20)27(34)35/h4-13,16,30H,14-15H2,1-3H3,(H,34,35). The van der Waals surface area contributed by atoms with Gasteiger partial charge in [-0.25, -0.2) is 9.48 Å². The number of carboxylic acid groups (broad SMARTS) is 1. The molecule has 36 heavy (non-hydrogen) atoms. The van der Waals surface area contributed by atoms with Gasteiger partial charge < -0.3 is 15.2 Å². The molecule has 0 saturated heterocycles. The van der Waals surface area contributed by atoms with Crippen LogP contribution >= 0.6 is 23.2 Å². The molecule has 7 nitrogen and oxygen atoms in total. The van der Waals surface area contributed by atoms with Crippen molar-refractivity contribution in [1.29, 1.82) is 0 Å². The fraction of sp³-hybridized carbons (Fsp3) is 0.222. The Morgan fingerprint density at radius 1 is 1.08 bits per heavy atom. The Morgan fingerprint density at radius 3 is 2.47 bits per heavy atom. The molecule has 0 radical (unpaired) electrons. The number of aromatic nitrogens is 3. The number of carboxylic acids is 1. The van der Waals surface area contributed by atoms with E-state index in [4.69, 9.17) is 27.9 Å². The number of ether oxygens (including phenoxy) is 1. The van der Waals surface area contributed by atoms with Crippen molar-refractivity contribution in [2.75, 3.05) is 5.32 Å². The predicted octanol–water partition coefficient (Wildman–Crippen LogP) is 6.90. The smallest absolute Gasteiger partial charge is 0.335 e. The van der Waals surface area contributed by atoms with Crippen LogP contribution in [0.1, 0.15) is 52.6 Å². The highest BCUT2D eigenvalue weighted by Crippen LogP contribution is 2.31. The van der Waals surface area contributed by atoms with E-state index in [-0.39, 0.29) is 18.1 Å². The predicted molar refractivity (Wildman–Crippen MR) is 142 cm³/mol. The second-order valence-electron chi connectivity index (χ2n) is 8.67. The Balaban J connectivity index is 1.50. The molecule has 0 spiro atoms. The summed E-state index contributed by atoms with van der Waals surface area (Å²) in [6.07, 6.45) is 0. The third kappa shape index (κ3) is 5.64. The van der Waals surface area contributed by atoms with E-state index >= 15 is 0 Å². The summed E-state index contributed by atoms with van der Waals surface area (Å²) in [7, 11) is 0. The molecular weight excluding hydrogens is 499 g/mol. The molecule has 0 aliphatic heterocycles. The van der Waals surface area contributed by atoms with E-state index in [2.05, 4.69) is 15.6 Å². The molecule has 0 aliphatic carbocycles. The van der Waals surface area contributed by atoms with Gasteiger partial charge in [0, 0.05) is 12.2 Å². The van der Waals surface area contributed by atoms with E-state index in [1.54, 1.807) is 41.1 Å². The van der Waals surface area contributed by atoms with Crippen molar-refractivity contribution >= 4 is 34.9 Å². The summed E-state index contributed by atoms with van der Waals surface area (Å²) >= 11 is 12.9. The number of carbonyl (C=O) groups is 1. The van der Waals surface area contributed by atoms with Gasteiger partial charge in [0.2, 0.25) is 0 Å². The highest BCUT2D eigenvalue weighted by atomic mass is 35.5. The summed E-state index contributed by atoms with van der Waals surface area (Å²) in [6.45, 7) is 6.89. The molecule has 0 aliphatic rings. The molecule has 4 aromatic rings. The van der Waals surface area contributed by atoms with Gasteiger partial charge in [-0.2, -0.15) is 0 Å². The van der Waals surface area contributed by atoms with Gasteiger partial charge in [-0.15, -0.1) is 5.10 Å². The fourth-order valence-corrected chi connectivity index (χ4v) is 4.39. The monoisotopic (exact) mass is 524 g/mol. The van der Waals surface area contributed by atoms with Crippen molar-refractivity contribution in [2.45, 2.75) is 39.8 Å². The van der Waals surface area contributed by atoms with E-state index in [0.717, 1.165) is 28.2 Å². The summed E-state index contributed by atoms with van der Waals surface area (Å²) < 4.78 is 7.80. The van der Waals surface area contributed by atoms with Crippen LogP contribution in [0.4, 0.5) is 5.69 Å². The van der Waals surface area contributed by atoms with E-state index < -0.39 is 5.97 Å². The van der Waals surface area contributed by atoms with E-state index in [9.17, 15) is 9.90 Å². The van der Waals surface area contributed by atoms with Crippen LogP contribution in [0.3, 0.4) is 0 Å². The molecule has 4 rings (SSSR count). The van der Waals surface area contributed by atoms with Crippen LogP contribution in [0.2, 0.25) is 10.0 Å². The van der Waals surface area contributed by atoms with E-state index in [0.29, 0.717) is 28.0 Å². The number of nitrogens with one attached hydrogen (secondary N) is 1. The first-order chi connectivity index (χ1) is 17.2. The summed E-state index contributed by atoms with van der Waals surface area (Å²) in [5.41, 5.74) is 5.26. The number of rotatable bonds is 9. The molecule has 0 saturated carbocycles. The van der Waals surface area contributed by atoms with Crippen molar-refractivity contribution < 1.29 is 14.6 Å². The number of benzene rings is 3. The van der Waals surface area contributed by atoms with Gasteiger partial charge in [-0.05, 0) is 66.4 Å². The zero-order chi connectivity index (χ0) is 25.8. The van der Waals surface area contributed by atoms with Gasteiger partial charge in [0.1, 0.15) is 23.7 Å². The molecule has 0 unspecified atom stereocenters. The number of hydrogen-bond donors (Lipinski definition) is 2. The van der Waals surface area contributed by atoms with Crippen LogP contribution in [-0.4, -0.2) is 26.1 Å². The highest BCUT2D eigenvalue weighted by molar-refractivity contribution is 6.37. The number of aromatic carboxylic acids is 1. The molecule has 1 heterocycles. The molecule has 186 valence electrons. The largest absolute Gasteiger partial charge is 0.487 e. The Kier molecular flexibility index (Phi) is 7.82. The third-order valence-corrected chi connectivity index (χ3v) is 6.38.